The first-order chi connectivity index (χ1) is 14.1. The Bertz CT molecular complexity index is 950. The molecule has 29 heavy (non-hydrogen) atoms. The number of hydrogen-bond acceptors (Lipinski definition) is 8. The molecule has 1 aromatic carbocycles. The Morgan fingerprint density at radius 3 is 2.62 bits per heavy atom. The lowest BCUT2D eigenvalue weighted by Gasteiger charge is -2.18. The van der Waals surface area contributed by atoms with E-state index in [0.29, 0.717) is 17.0 Å². The van der Waals surface area contributed by atoms with Gasteiger partial charge in [-0.25, -0.2) is 15.0 Å². The average molecular weight is 399 g/mol. The number of aromatic nitrogens is 4. The number of hydrogen-bond donors (Lipinski definition) is 4. The van der Waals surface area contributed by atoms with Crippen LogP contribution >= 0.6 is 0 Å². The van der Waals surface area contributed by atoms with Crippen molar-refractivity contribution in [2.45, 2.75) is 50.3 Å². The fraction of sp³-hybridized carbons (Fsp3) is 0.450. The summed E-state index contributed by atoms with van der Waals surface area (Å²) >= 11 is 0. The predicted octanol–water partition coefficient (Wildman–Crippen LogP) is 0.871. The SMILES string of the molecule is CCC(Cc1ccccc1)Nc1ncnc2c1ncn2C1OC(CO)C(O)C1O. The summed E-state index contributed by atoms with van der Waals surface area (Å²) in [7, 11) is 0. The highest BCUT2D eigenvalue weighted by molar-refractivity contribution is 5.82. The number of rotatable bonds is 7. The zero-order valence-corrected chi connectivity index (χ0v) is 16.1. The predicted molar refractivity (Wildman–Crippen MR) is 106 cm³/mol. The lowest BCUT2D eigenvalue weighted by Crippen LogP contribution is -2.33. The summed E-state index contributed by atoms with van der Waals surface area (Å²) in [4.78, 5) is 13.0. The first kappa shape index (κ1) is 19.7. The van der Waals surface area contributed by atoms with Gasteiger partial charge in [0.25, 0.3) is 0 Å². The van der Waals surface area contributed by atoms with Crippen LogP contribution in [0.3, 0.4) is 0 Å². The van der Waals surface area contributed by atoms with Crippen LogP contribution in [0.1, 0.15) is 25.1 Å². The summed E-state index contributed by atoms with van der Waals surface area (Å²) < 4.78 is 7.16. The molecule has 1 saturated heterocycles. The summed E-state index contributed by atoms with van der Waals surface area (Å²) in [6.45, 7) is 1.72. The van der Waals surface area contributed by atoms with E-state index in [2.05, 4.69) is 39.3 Å². The van der Waals surface area contributed by atoms with Crippen molar-refractivity contribution < 1.29 is 20.1 Å². The molecule has 0 radical (unpaired) electrons. The molecule has 0 spiro atoms. The summed E-state index contributed by atoms with van der Waals surface area (Å²) in [5.74, 6) is 0.600. The van der Waals surface area contributed by atoms with E-state index < -0.39 is 24.5 Å². The number of aliphatic hydroxyl groups is 3. The van der Waals surface area contributed by atoms with Crippen LogP contribution in [0.2, 0.25) is 0 Å². The average Bonchev–Trinajstić information content (AvgIpc) is 3.30. The minimum atomic E-state index is -1.20. The van der Waals surface area contributed by atoms with Crippen molar-refractivity contribution >= 4 is 17.0 Å². The lowest BCUT2D eigenvalue weighted by atomic mass is 10.0. The normalized spacial score (nSPS) is 25.4. The molecule has 2 aromatic heterocycles. The molecule has 4 rings (SSSR count). The monoisotopic (exact) mass is 399 g/mol. The zero-order valence-electron chi connectivity index (χ0n) is 16.1. The van der Waals surface area contributed by atoms with Crippen LogP contribution in [0.5, 0.6) is 0 Å². The number of anilines is 1. The molecule has 1 fully saturated rings. The van der Waals surface area contributed by atoms with Crippen molar-refractivity contribution in [1.82, 2.24) is 19.5 Å². The summed E-state index contributed by atoms with van der Waals surface area (Å²) in [5, 5.41) is 33.1. The number of benzene rings is 1. The number of fused-ring (bicyclic) bond motifs is 1. The molecule has 1 aliphatic heterocycles. The second-order valence-corrected chi connectivity index (χ2v) is 7.21. The number of nitrogens with one attached hydrogen (secondary N) is 1. The van der Waals surface area contributed by atoms with Gasteiger partial charge in [-0.1, -0.05) is 37.3 Å². The van der Waals surface area contributed by atoms with Crippen molar-refractivity contribution in [3.05, 3.63) is 48.5 Å². The smallest absolute Gasteiger partial charge is 0.167 e. The third kappa shape index (κ3) is 3.82. The maximum atomic E-state index is 10.3. The summed E-state index contributed by atoms with van der Waals surface area (Å²) in [6.07, 6.45) is 0.550. The van der Waals surface area contributed by atoms with Crippen LogP contribution in [-0.2, 0) is 11.2 Å². The van der Waals surface area contributed by atoms with Gasteiger partial charge < -0.3 is 25.4 Å². The molecular weight excluding hydrogens is 374 g/mol. The highest BCUT2D eigenvalue weighted by Crippen LogP contribution is 2.32. The van der Waals surface area contributed by atoms with E-state index in [1.54, 1.807) is 4.57 Å². The van der Waals surface area contributed by atoms with Gasteiger partial charge in [0, 0.05) is 6.04 Å². The van der Waals surface area contributed by atoms with Gasteiger partial charge in [0.1, 0.15) is 24.6 Å². The Kier molecular flexibility index (Phi) is 5.72. The molecule has 4 N–H and O–H groups in total. The van der Waals surface area contributed by atoms with Crippen molar-refractivity contribution in [2.24, 2.45) is 0 Å². The fourth-order valence-electron chi connectivity index (χ4n) is 3.64. The Morgan fingerprint density at radius 2 is 1.93 bits per heavy atom. The molecule has 0 amide bonds. The topological polar surface area (TPSA) is 126 Å². The molecule has 0 bridgehead atoms. The van der Waals surface area contributed by atoms with Gasteiger partial charge in [0.05, 0.1) is 12.9 Å². The molecule has 0 aliphatic carbocycles. The van der Waals surface area contributed by atoms with Crippen LogP contribution in [0.4, 0.5) is 5.82 Å². The Morgan fingerprint density at radius 1 is 1.14 bits per heavy atom. The van der Waals surface area contributed by atoms with E-state index in [1.807, 2.05) is 18.2 Å². The summed E-state index contributed by atoms with van der Waals surface area (Å²) in [6, 6.07) is 10.4. The Balaban J connectivity index is 1.59. The van der Waals surface area contributed by atoms with Gasteiger partial charge in [-0.05, 0) is 18.4 Å². The van der Waals surface area contributed by atoms with Crippen LogP contribution in [-0.4, -0.2) is 65.8 Å². The summed E-state index contributed by atoms with van der Waals surface area (Å²) in [5.41, 5.74) is 2.26. The van der Waals surface area contributed by atoms with Gasteiger partial charge in [-0.15, -0.1) is 0 Å². The first-order valence-corrected chi connectivity index (χ1v) is 9.72. The molecule has 5 unspecified atom stereocenters. The van der Waals surface area contributed by atoms with E-state index in [0.717, 1.165) is 12.8 Å². The molecule has 0 saturated carbocycles. The molecule has 9 nitrogen and oxygen atoms in total. The Hall–Kier alpha value is -2.59. The number of ether oxygens (including phenoxy) is 1. The van der Waals surface area contributed by atoms with E-state index >= 15 is 0 Å². The minimum Gasteiger partial charge on any atom is -0.394 e. The Labute approximate surface area is 168 Å². The largest absolute Gasteiger partial charge is 0.394 e. The molecule has 154 valence electrons. The highest BCUT2D eigenvalue weighted by Gasteiger charge is 2.44. The van der Waals surface area contributed by atoms with Gasteiger partial charge in [0.2, 0.25) is 0 Å². The van der Waals surface area contributed by atoms with Crippen LogP contribution in [0, 0.1) is 0 Å². The van der Waals surface area contributed by atoms with Crippen molar-refractivity contribution in [1.29, 1.82) is 0 Å². The van der Waals surface area contributed by atoms with Crippen LogP contribution < -0.4 is 5.32 Å². The first-order valence-electron chi connectivity index (χ1n) is 9.72. The van der Waals surface area contributed by atoms with E-state index in [-0.39, 0.29) is 12.6 Å². The molecule has 3 aromatic rings. The third-order valence-electron chi connectivity index (χ3n) is 5.31. The molecule has 9 heteroatoms. The second kappa shape index (κ2) is 8.42. The number of aliphatic hydroxyl groups excluding tert-OH is 3. The maximum absolute atomic E-state index is 10.3. The number of imidazole rings is 1. The van der Waals surface area contributed by atoms with Crippen LogP contribution in [0.15, 0.2) is 43.0 Å². The maximum Gasteiger partial charge on any atom is 0.167 e. The van der Waals surface area contributed by atoms with Gasteiger partial charge in [-0.2, -0.15) is 0 Å². The van der Waals surface area contributed by atoms with E-state index in [9.17, 15) is 15.3 Å². The number of nitrogens with zero attached hydrogens (tertiary/aromatic N) is 4. The quantitative estimate of drug-likeness (QED) is 0.461. The molecule has 1 aliphatic rings. The lowest BCUT2D eigenvalue weighted by molar-refractivity contribution is -0.0511. The van der Waals surface area contributed by atoms with Crippen LogP contribution in [0.25, 0.3) is 11.2 Å². The van der Waals surface area contributed by atoms with Gasteiger partial charge in [0.15, 0.2) is 23.2 Å². The molecule has 5 atom stereocenters. The standard InChI is InChI=1S/C20H25N5O4/c1-2-13(8-12-6-4-3-5-7-12)24-18-15-19(22-10-21-18)25(11-23-15)20-17(28)16(27)14(9-26)29-20/h3-7,10-11,13-14,16-17,20,26-28H,2,8-9H2,1H3,(H,21,22,24). The zero-order chi connectivity index (χ0) is 20.4. The molecular formula is C20H25N5O4. The third-order valence-corrected chi connectivity index (χ3v) is 5.31. The van der Waals surface area contributed by atoms with Crippen molar-refractivity contribution in [3.8, 4) is 0 Å². The fourth-order valence-corrected chi connectivity index (χ4v) is 3.64. The van der Waals surface area contributed by atoms with Crippen molar-refractivity contribution in [2.75, 3.05) is 11.9 Å². The van der Waals surface area contributed by atoms with Crippen molar-refractivity contribution in [3.63, 3.8) is 0 Å². The molecule has 3 heterocycles. The van der Waals surface area contributed by atoms with E-state index in [4.69, 9.17) is 4.74 Å². The van der Waals surface area contributed by atoms with E-state index in [1.165, 1.54) is 18.2 Å². The highest BCUT2D eigenvalue weighted by atomic mass is 16.6. The minimum absolute atomic E-state index is 0.162. The van der Waals surface area contributed by atoms with Gasteiger partial charge in [-0.3, -0.25) is 4.57 Å². The second-order valence-electron chi connectivity index (χ2n) is 7.21. The van der Waals surface area contributed by atoms with Gasteiger partial charge >= 0.3 is 0 Å².